The summed E-state index contributed by atoms with van der Waals surface area (Å²) in [4.78, 5) is 23.7. The lowest BCUT2D eigenvalue weighted by molar-refractivity contribution is 0.0991. The van der Waals surface area contributed by atoms with E-state index in [0.717, 1.165) is 22.5 Å². The third-order valence-electron chi connectivity index (χ3n) is 4.65. The van der Waals surface area contributed by atoms with Gasteiger partial charge in [0.2, 0.25) is 0 Å². The maximum Gasteiger partial charge on any atom is 0.262 e. The number of methoxy groups -OCH3 is 1. The molecule has 4 heterocycles. The highest BCUT2D eigenvalue weighted by Crippen LogP contribution is 2.38. The second kappa shape index (κ2) is 5.94. The zero-order valence-electron chi connectivity index (χ0n) is 15.1. The number of carbonyl (C=O) groups excluding carboxylic acids is 1. The van der Waals surface area contributed by atoms with Gasteiger partial charge in [0.1, 0.15) is 5.75 Å². The fourth-order valence-corrected chi connectivity index (χ4v) is 3.35. The van der Waals surface area contributed by atoms with Crippen LogP contribution in [-0.4, -0.2) is 32.8 Å². The first-order chi connectivity index (χ1) is 12.5. The summed E-state index contributed by atoms with van der Waals surface area (Å²) in [7, 11) is 3.44. The highest BCUT2D eigenvalue weighted by Gasteiger charge is 2.39. The minimum absolute atomic E-state index is 0.0634. The summed E-state index contributed by atoms with van der Waals surface area (Å²) in [5.41, 5.74) is 3.94. The molecule has 0 radical (unpaired) electrons. The first-order valence-electron chi connectivity index (χ1n) is 8.33. The minimum Gasteiger partial charge on any atom is -0.495 e. The molecule has 1 amide bonds. The minimum atomic E-state index is -0.190. The highest BCUT2D eigenvalue weighted by atomic mass is 16.5. The van der Waals surface area contributed by atoms with Crippen LogP contribution in [0.15, 0.2) is 36.8 Å². The molecule has 3 aromatic heterocycles. The first kappa shape index (κ1) is 16.3. The summed E-state index contributed by atoms with van der Waals surface area (Å²) in [5, 5.41) is 4.38. The molecule has 0 spiro atoms. The Hall–Kier alpha value is -3.22. The Morgan fingerprint density at radius 3 is 2.73 bits per heavy atom. The van der Waals surface area contributed by atoms with E-state index in [1.54, 1.807) is 29.1 Å². The van der Waals surface area contributed by atoms with Crippen LogP contribution in [0, 0.1) is 6.92 Å². The van der Waals surface area contributed by atoms with Crippen LogP contribution >= 0.6 is 0 Å². The zero-order valence-corrected chi connectivity index (χ0v) is 15.1. The zero-order chi connectivity index (χ0) is 18.4. The summed E-state index contributed by atoms with van der Waals surface area (Å²) in [6.45, 7) is 3.91. The van der Waals surface area contributed by atoms with E-state index in [4.69, 9.17) is 9.72 Å². The summed E-state index contributed by atoms with van der Waals surface area (Å²) < 4.78 is 6.94. The van der Waals surface area contributed by atoms with Crippen LogP contribution in [0.1, 0.15) is 34.6 Å². The van der Waals surface area contributed by atoms with E-state index in [0.29, 0.717) is 17.1 Å². The van der Waals surface area contributed by atoms with Crippen molar-refractivity contribution in [2.45, 2.75) is 19.9 Å². The van der Waals surface area contributed by atoms with Gasteiger partial charge in [-0.3, -0.25) is 19.4 Å². The fourth-order valence-electron chi connectivity index (χ4n) is 3.35. The third-order valence-corrected chi connectivity index (χ3v) is 4.65. The summed E-state index contributed by atoms with van der Waals surface area (Å²) in [6, 6.07) is 5.45. The van der Waals surface area contributed by atoms with Gasteiger partial charge in [0.25, 0.3) is 5.91 Å². The van der Waals surface area contributed by atoms with E-state index < -0.39 is 0 Å². The van der Waals surface area contributed by atoms with Crippen molar-refractivity contribution in [3.63, 3.8) is 0 Å². The molecule has 26 heavy (non-hydrogen) atoms. The lowest BCUT2D eigenvalue weighted by Crippen LogP contribution is -2.27. The SMILES string of the molecule is COc1cncc(-c2cc(C)c3c(n2)[C@H](C)N(c2ccn(C)n2)C3=O)c1. The molecule has 0 bridgehead atoms. The second-order valence-corrected chi connectivity index (χ2v) is 6.40. The molecule has 0 aromatic carbocycles. The smallest absolute Gasteiger partial charge is 0.262 e. The van der Waals surface area contributed by atoms with Crippen LogP contribution < -0.4 is 9.64 Å². The topological polar surface area (TPSA) is 73.1 Å². The van der Waals surface area contributed by atoms with Gasteiger partial charge in [-0.2, -0.15) is 5.10 Å². The van der Waals surface area contributed by atoms with Crippen molar-refractivity contribution >= 4 is 11.7 Å². The molecule has 7 nitrogen and oxygen atoms in total. The standard InChI is InChI=1S/C19H19N5O2/c1-11-7-15(13-8-14(26-4)10-20-9-13)21-18-12(2)24(19(25)17(11)18)16-5-6-23(3)22-16/h5-10,12H,1-4H3/t12-/m0/s1. The number of hydrogen-bond acceptors (Lipinski definition) is 5. The van der Waals surface area contributed by atoms with Crippen LogP contribution in [0.25, 0.3) is 11.3 Å². The number of carbonyl (C=O) groups is 1. The molecular weight excluding hydrogens is 330 g/mol. The van der Waals surface area contributed by atoms with E-state index in [2.05, 4.69) is 10.1 Å². The Bertz CT molecular complexity index is 1010. The Morgan fingerprint density at radius 1 is 1.23 bits per heavy atom. The molecule has 0 unspecified atom stereocenters. The lowest BCUT2D eigenvalue weighted by atomic mass is 10.0. The molecular formula is C19H19N5O2. The molecule has 3 aromatic rings. The summed E-state index contributed by atoms with van der Waals surface area (Å²) in [6.07, 6.45) is 5.22. The van der Waals surface area contributed by atoms with Crippen LogP contribution in [0.4, 0.5) is 5.82 Å². The second-order valence-electron chi connectivity index (χ2n) is 6.40. The van der Waals surface area contributed by atoms with Crippen molar-refractivity contribution in [3.8, 4) is 17.0 Å². The van der Waals surface area contributed by atoms with Crippen molar-refractivity contribution in [2.75, 3.05) is 12.0 Å². The maximum absolute atomic E-state index is 13.0. The van der Waals surface area contributed by atoms with Crippen molar-refractivity contribution < 1.29 is 9.53 Å². The molecule has 0 aliphatic carbocycles. The lowest BCUT2D eigenvalue weighted by Gasteiger charge is -2.18. The predicted molar refractivity (Wildman–Crippen MR) is 97.2 cm³/mol. The molecule has 0 fully saturated rings. The number of anilines is 1. The predicted octanol–water partition coefficient (Wildman–Crippen LogP) is 2.92. The number of pyridine rings is 2. The summed E-state index contributed by atoms with van der Waals surface area (Å²) >= 11 is 0. The van der Waals surface area contributed by atoms with Gasteiger partial charge in [0.05, 0.1) is 36.3 Å². The number of aromatic nitrogens is 4. The van der Waals surface area contributed by atoms with Gasteiger partial charge < -0.3 is 4.74 Å². The number of fused-ring (bicyclic) bond motifs is 1. The average Bonchev–Trinajstić information content (AvgIpc) is 3.16. The van der Waals surface area contributed by atoms with E-state index in [9.17, 15) is 4.79 Å². The van der Waals surface area contributed by atoms with E-state index in [1.807, 2.05) is 45.3 Å². The monoisotopic (exact) mass is 349 g/mol. The van der Waals surface area contributed by atoms with Crippen molar-refractivity contribution in [1.82, 2.24) is 19.7 Å². The van der Waals surface area contributed by atoms with Gasteiger partial charge in [-0.05, 0) is 31.5 Å². The van der Waals surface area contributed by atoms with Gasteiger partial charge in [-0.25, -0.2) is 4.98 Å². The van der Waals surface area contributed by atoms with Crippen molar-refractivity contribution in [2.24, 2.45) is 7.05 Å². The molecule has 132 valence electrons. The number of amides is 1. The maximum atomic E-state index is 13.0. The van der Waals surface area contributed by atoms with Gasteiger partial charge in [0.15, 0.2) is 5.82 Å². The van der Waals surface area contributed by atoms with Crippen LogP contribution in [0.3, 0.4) is 0 Å². The number of ether oxygens (including phenoxy) is 1. The number of rotatable bonds is 3. The largest absolute Gasteiger partial charge is 0.495 e. The van der Waals surface area contributed by atoms with Gasteiger partial charge >= 0.3 is 0 Å². The van der Waals surface area contributed by atoms with Crippen LogP contribution in [0.2, 0.25) is 0 Å². The molecule has 1 atom stereocenters. The van der Waals surface area contributed by atoms with E-state index in [-0.39, 0.29) is 11.9 Å². The molecule has 7 heteroatoms. The highest BCUT2D eigenvalue weighted by molar-refractivity contribution is 6.11. The Morgan fingerprint density at radius 2 is 2.04 bits per heavy atom. The summed E-state index contributed by atoms with van der Waals surface area (Å²) in [5.74, 6) is 1.24. The molecule has 1 aliphatic rings. The number of aryl methyl sites for hydroxylation is 2. The van der Waals surface area contributed by atoms with E-state index in [1.165, 1.54) is 0 Å². The first-order valence-corrected chi connectivity index (χ1v) is 8.33. The Kier molecular flexibility index (Phi) is 3.72. The van der Waals surface area contributed by atoms with Crippen LogP contribution in [0.5, 0.6) is 5.75 Å². The molecule has 0 saturated heterocycles. The normalized spacial score (nSPS) is 16.1. The molecule has 0 saturated carbocycles. The molecule has 4 rings (SSSR count). The fraction of sp³-hybridized carbons (Fsp3) is 0.263. The molecule has 0 N–H and O–H groups in total. The van der Waals surface area contributed by atoms with Gasteiger partial charge in [-0.1, -0.05) is 0 Å². The molecule has 1 aliphatic heterocycles. The number of nitrogens with zero attached hydrogens (tertiary/aromatic N) is 5. The van der Waals surface area contributed by atoms with E-state index >= 15 is 0 Å². The quantitative estimate of drug-likeness (QED) is 0.727. The van der Waals surface area contributed by atoms with Gasteiger partial charge in [0, 0.05) is 31.1 Å². The Balaban J connectivity index is 1.81. The van der Waals surface area contributed by atoms with Crippen LogP contribution in [-0.2, 0) is 7.05 Å². The van der Waals surface area contributed by atoms with Crippen molar-refractivity contribution in [1.29, 1.82) is 0 Å². The Labute approximate surface area is 151 Å². The van der Waals surface area contributed by atoms with Crippen molar-refractivity contribution in [3.05, 3.63) is 53.6 Å². The van der Waals surface area contributed by atoms with Gasteiger partial charge in [-0.15, -0.1) is 0 Å². The number of hydrogen-bond donors (Lipinski definition) is 0. The average molecular weight is 349 g/mol. The third kappa shape index (κ3) is 2.44.